The fourth-order valence-corrected chi connectivity index (χ4v) is 0.609. The third-order valence-corrected chi connectivity index (χ3v) is 1.04. The van der Waals surface area contributed by atoms with Crippen LogP contribution in [0, 0.1) is 5.92 Å². The quantitative estimate of drug-likeness (QED) is 0.603. The molecule has 58 valence electrons. The summed E-state index contributed by atoms with van der Waals surface area (Å²) in [5, 5.41) is 8.31. The van der Waals surface area contributed by atoms with Gasteiger partial charge in [0, 0.05) is 0 Å². The number of hydrogen-bond donors (Lipinski definition) is 2. The fourth-order valence-electron chi connectivity index (χ4n) is 0.609. The monoisotopic (exact) mass is 173 g/mol. The molecule has 3 nitrogen and oxygen atoms in total. The summed E-state index contributed by atoms with van der Waals surface area (Å²) in [6.07, 6.45) is 0.551. The minimum atomic E-state index is -0.913. The fraction of sp³-hybridized carbons (Fsp3) is 0.833. The molecule has 0 aliphatic rings. The van der Waals surface area contributed by atoms with Crippen LogP contribution in [0.4, 0.5) is 0 Å². The average molecular weight is 173 g/mol. The zero-order chi connectivity index (χ0) is 7.44. The van der Waals surface area contributed by atoms with Crippen LogP contribution in [0.25, 0.3) is 0 Å². The van der Waals surface area contributed by atoms with E-state index in [1.165, 1.54) is 0 Å². The van der Waals surface area contributed by atoms with Crippen LogP contribution in [-0.2, 0) is 4.79 Å². The molecule has 0 aromatic heterocycles. The number of carboxylic acids is 1. The molecule has 1 unspecified atom stereocenters. The Morgan fingerprint density at radius 2 is 2.10 bits per heavy atom. The van der Waals surface area contributed by atoms with Gasteiger partial charge in [0.05, 0.1) is 0 Å². The molecule has 0 aliphatic heterocycles. The minimum Gasteiger partial charge on any atom is -1.00 e. The number of hydrogen-bond acceptors (Lipinski definition) is 2. The normalized spacial score (nSPS) is 12.4. The molecule has 0 spiro atoms. The van der Waals surface area contributed by atoms with Crippen LogP contribution in [0.3, 0.4) is 0 Å². The van der Waals surface area contributed by atoms with E-state index >= 15 is 0 Å². The first kappa shape index (κ1) is 13.3. The summed E-state index contributed by atoms with van der Waals surface area (Å²) in [5.74, 6) is -0.556. The van der Waals surface area contributed by atoms with E-state index in [4.69, 9.17) is 10.8 Å². The van der Waals surface area contributed by atoms with Crippen molar-refractivity contribution in [1.29, 1.82) is 0 Å². The van der Waals surface area contributed by atoms with Crippen LogP contribution in [0.2, 0.25) is 0 Å². The predicted molar refractivity (Wildman–Crippen MR) is 43.0 cm³/mol. The van der Waals surface area contributed by atoms with Gasteiger partial charge < -0.3 is 13.7 Å². The van der Waals surface area contributed by atoms with E-state index in [9.17, 15) is 4.79 Å². The molecule has 0 amide bonds. The number of nitrogens with two attached hydrogens (primary N) is 1. The van der Waals surface area contributed by atoms with Gasteiger partial charge in [-0.1, -0.05) is 13.8 Å². The Morgan fingerprint density at radius 3 is 2.20 bits per heavy atom. The van der Waals surface area contributed by atoms with Crippen molar-refractivity contribution in [3.05, 3.63) is 0 Å². The minimum absolute atomic E-state index is 0. The van der Waals surface area contributed by atoms with Crippen molar-refractivity contribution in [3.63, 3.8) is 0 Å². The van der Waals surface area contributed by atoms with Gasteiger partial charge in [0.15, 0.2) is 0 Å². The van der Waals surface area contributed by atoms with Gasteiger partial charge in [-0.2, -0.15) is 0 Å². The second kappa shape index (κ2) is 6.40. The second-order valence-corrected chi connectivity index (χ2v) is 2.57. The first-order chi connectivity index (χ1) is 4.04. The molecule has 0 aromatic carbocycles. The Morgan fingerprint density at radius 1 is 1.70 bits per heavy atom. The van der Waals surface area contributed by atoms with Crippen LogP contribution in [0.5, 0.6) is 0 Å². The molecule has 0 heterocycles. The Balaban J connectivity index is -0.000000107. The van der Waals surface area contributed by atoms with Crippen molar-refractivity contribution >= 4 is 43.7 Å². The average Bonchev–Trinajstić information content (AvgIpc) is 1.63. The summed E-state index contributed by atoms with van der Waals surface area (Å²) in [6, 6.07) is -0.690. The Hall–Kier alpha value is 0.690. The molecule has 3 N–H and O–H groups in total. The van der Waals surface area contributed by atoms with Crippen molar-refractivity contribution in [1.82, 2.24) is 0 Å². The molecule has 1 atom stereocenters. The van der Waals surface area contributed by atoms with Crippen LogP contribution >= 0.6 is 0 Å². The third kappa shape index (κ3) is 6.80. The smallest absolute Gasteiger partial charge is 1.00 e. The number of aliphatic carboxylic acids is 1. The maximum Gasteiger partial charge on any atom is 2.00 e. The topological polar surface area (TPSA) is 63.3 Å². The second-order valence-electron chi connectivity index (χ2n) is 2.57. The van der Waals surface area contributed by atoms with Gasteiger partial charge in [-0.05, 0) is 12.3 Å². The molecular formula is C6H15CaNO2. The molecule has 10 heavy (non-hydrogen) atoms. The van der Waals surface area contributed by atoms with E-state index in [1.54, 1.807) is 0 Å². The Bertz CT molecular complexity index is 114. The third-order valence-electron chi connectivity index (χ3n) is 1.04. The molecule has 0 bridgehead atoms. The van der Waals surface area contributed by atoms with Crippen molar-refractivity contribution in [2.45, 2.75) is 26.3 Å². The van der Waals surface area contributed by atoms with Gasteiger partial charge in [-0.15, -0.1) is 0 Å². The van der Waals surface area contributed by atoms with E-state index in [-0.39, 0.29) is 40.6 Å². The van der Waals surface area contributed by atoms with Crippen LogP contribution in [0.15, 0.2) is 0 Å². The van der Waals surface area contributed by atoms with Gasteiger partial charge in [0.2, 0.25) is 0 Å². The SMILES string of the molecule is CC(C)CC(N)C(=O)O.[Ca+2].[H-].[H-]. The first-order valence-electron chi connectivity index (χ1n) is 3.02. The number of carboxylic acid groups (broad SMARTS) is 1. The summed E-state index contributed by atoms with van der Waals surface area (Å²) < 4.78 is 0. The van der Waals surface area contributed by atoms with E-state index in [0.29, 0.717) is 12.3 Å². The van der Waals surface area contributed by atoms with Gasteiger partial charge in [0.1, 0.15) is 6.04 Å². The summed E-state index contributed by atoms with van der Waals surface area (Å²) in [5.41, 5.74) is 5.22. The molecular weight excluding hydrogens is 158 g/mol. The van der Waals surface area contributed by atoms with Crippen molar-refractivity contribution < 1.29 is 12.8 Å². The van der Waals surface area contributed by atoms with Crippen LogP contribution in [-0.4, -0.2) is 54.9 Å². The standard InChI is InChI=1S/C6H13NO2.Ca.2H/c1-4(2)3-5(7)6(8)9;;;/h4-5H,3,7H2,1-2H3,(H,8,9);;;/q;+2;2*-1. The van der Waals surface area contributed by atoms with Crippen molar-refractivity contribution in [2.24, 2.45) is 11.7 Å². The van der Waals surface area contributed by atoms with E-state index in [2.05, 4.69) is 0 Å². The Labute approximate surface area is 93.9 Å². The molecule has 4 heteroatoms. The summed E-state index contributed by atoms with van der Waals surface area (Å²) in [6.45, 7) is 3.89. The maximum absolute atomic E-state index is 10.1. The van der Waals surface area contributed by atoms with Crippen molar-refractivity contribution in [2.75, 3.05) is 0 Å². The molecule has 0 saturated carbocycles. The zero-order valence-electron chi connectivity index (χ0n) is 8.50. The molecule has 0 saturated heterocycles. The van der Waals surface area contributed by atoms with Gasteiger partial charge in [-0.25, -0.2) is 0 Å². The van der Waals surface area contributed by atoms with E-state index < -0.39 is 12.0 Å². The molecule has 0 aliphatic carbocycles. The zero-order valence-corrected chi connectivity index (χ0v) is 8.71. The summed E-state index contributed by atoms with van der Waals surface area (Å²) in [4.78, 5) is 10.1. The van der Waals surface area contributed by atoms with Crippen LogP contribution in [0.1, 0.15) is 23.1 Å². The molecule has 0 aromatic rings. The van der Waals surface area contributed by atoms with Gasteiger partial charge in [0.25, 0.3) is 0 Å². The molecule has 0 radical (unpaired) electrons. The number of carbonyl (C=O) groups is 1. The van der Waals surface area contributed by atoms with Gasteiger partial charge >= 0.3 is 43.7 Å². The van der Waals surface area contributed by atoms with Crippen LogP contribution < -0.4 is 5.73 Å². The van der Waals surface area contributed by atoms with E-state index in [0.717, 1.165) is 0 Å². The maximum atomic E-state index is 10.1. The predicted octanol–water partition coefficient (Wildman–Crippen LogP) is 0.289. The summed E-state index contributed by atoms with van der Waals surface area (Å²) in [7, 11) is 0. The number of rotatable bonds is 3. The van der Waals surface area contributed by atoms with E-state index in [1.807, 2.05) is 13.8 Å². The Kier molecular flexibility index (Phi) is 8.51. The summed E-state index contributed by atoms with van der Waals surface area (Å²) >= 11 is 0. The molecule has 0 fully saturated rings. The van der Waals surface area contributed by atoms with Crippen molar-refractivity contribution in [3.8, 4) is 0 Å². The molecule has 0 rings (SSSR count). The first-order valence-corrected chi connectivity index (χ1v) is 3.02. The largest absolute Gasteiger partial charge is 2.00 e. The van der Waals surface area contributed by atoms with Gasteiger partial charge in [-0.3, -0.25) is 4.79 Å².